The van der Waals surface area contributed by atoms with Crippen LogP contribution >= 0.6 is 11.6 Å². The number of rotatable bonds is 6. The van der Waals surface area contributed by atoms with E-state index in [0.29, 0.717) is 0 Å². The van der Waals surface area contributed by atoms with Crippen molar-refractivity contribution in [1.82, 2.24) is 5.32 Å². The average Bonchev–Trinajstić information content (AvgIpc) is 2.38. The molecule has 0 fully saturated rings. The van der Waals surface area contributed by atoms with E-state index in [2.05, 4.69) is 10.6 Å². The fraction of sp³-hybridized carbons (Fsp3) is 0.308. The lowest BCUT2D eigenvalue weighted by molar-refractivity contribution is -0.142. The Morgan fingerprint density at radius 1 is 1.33 bits per heavy atom. The highest BCUT2D eigenvalue weighted by Crippen LogP contribution is 2.24. The van der Waals surface area contributed by atoms with E-state index in [1.807, 2.05) is 0 Å². The van der Waals surface area contributed by atoms with Crippen molar-refractivity contribution in [3.8, 4) is 0 Å². The van der Waals surface area contributed by atoms with Crippen LogP contribution in [0.3, 0.4) is 0 Å². The number of hydrogen-bond donors (Lipinski definition) is 3. The first-order valence-electron chi connectivity index (χ1n) is 6.18. The van der Waals surface area contributed by atoms with Gasteiger partial charge in [-0.3, -0.25) is 4.79 Å². The third-order valence-electron chi connectivity index (χ3n) is 2.40. The maximum atomic E-state index is 11.6. The monoisotopic (exact) mass is 314 g/mol. The molecule has 0 bridgehead atoms. The Morgan fingerprint density at radius 3 is 2.67 bits per heavy atom. The van der Waals surface area contributed by atoms with E-state index in [0.717, 1.165) is 0 Å². The number of halogens is 1. The van der Waals surface area contributed by atoms with Gasteiger partial charge in [0, 0.05) is 6.54 Å². The molecule has 0 unspecified atom stereocenters. The van der Waals surface area contributed by atoms with Gasteiger partial charge in [0.05, 0.1) is 23.7 Å². The summed E-state index contributed by atoms with van der Waals surface area (Å²) >= 11 is 5.77. The van der Waals surface area contributed by atoms with Crippen molar-refractivity contribution in [3.63, 3.8) is 0 Å². The molecule has 1 aromatic rings. The Balaban J connectivity index is 2.58. The zero-order valence-electron chi connectivity index (χ0n) is 11.3. The fourth-order valence-electron chi connectivity index (χ4n) is 1.52. The minimum Gasteiger partial charge on any atom is -0.478 e. The molecule has 8 heteroatoms. The van der Waals surface area contributed by atoms with Crippen molar-refractivity contribution in [2.24, 2.45) is 0 Å². The lowest BCUT2D eigenvalue weighted by atomic mass is 10.2. The predicted molar refractivity (Wildman–Crippen MR) is 76.7 cm³/mol. The summed E-state index contributed by atoms with van der Waals surface area (Å²) in [5.74, 6) is -1.67. The van der Waals surface area contributed by atoms with E-state index < -0.39 is 18.0 Å². The number of amides is 2. The van der Waals surface area contributed by atoms with Gasteiger partial charge in [0.15, 0.2) is 0 Å². The number of ether oxygens (including phenoxy) is 1. The number of esters is 1. The van der Waals surface area contributed by atoms with Gasteiger partial charge >= 0.3 is 18.0 Å². The Bertz CT molecular complexity index is 547. The molecule has 0 radical (unpaired) electrons. The summed E-state index contributed by atoms with van der Waals surface area (Å²) in [4.78, 5) is 33.8. The summed E-state index contributed by atoms with van der Waals surface area (Å²) < 4.78 is 4.70. The van der Waals surface area contributed by atoms with Gasteiger partial charge in [-0.05, 0) is 19.1 Å². The first-order valence-corrected chi connectivity index (χ1v) is 6.55. The van der Waals surface area contributed by atoms with Crippen molar-refractivity contribution in [3.05, 3.63) is 28.8 Å². The highest BCUT2D eigenvalue weighted by molar-refractivity contribution is 6.34. The molecular weight excluding hydrogens is 300 g/mol. The first kappa shape index (κ1) is 16.8. The minimum absolute atomic E-state index is 0.0202. The molecule has 0 atom stereocenters. The Morgan fingerprint density at radius 2 is 2.05 bits per heavy atom. The van der Waals surface area contributed by atoms with Gasteiger partial charge in [-0.15, -0.1) is 0 Å². The van der Waals surface area contributed by atoms with Gasteiger partial charge in [0.25, 0.3) is 0 Å². The molecule has 114 valence electrons. The molecule has 0 heterocycles. The molecule has 21 heavy (non-hydrogen) atoms. The third-order valence-corrected chi connectivity index (χ3v) is 2.71. The SMILES string of the molecule is CCOC(=O)CCNC(=O)Nc1cccc(Cl)c1C(=O)O. The number of urea groups is 1. The second-order valence-electron chi connectivity index (χ2n) is 3.90. The highest BCUT2D eigenvalue weighted by Gasteiger charge is 2.16. The summed E-state index contributed by atoms with van der Waals surface area (Å²) in [5.41, 5.74) is -0.122. The number of benzene rings is 1. The molecule has 0 aromatic heterocycles. The van der Waals surface area contributed by atoms with Crippen LogP contribution < -0.4 is 10.6 Å². The maximum Gasteiger partial charge on any atom is 0.339 e. The standard InChI is InChI=1S/C13H15ClN2O5/c1-2-21-10(17)6-7-15-13(20)16-9-5-3-4-8(14)11(9)12(18)19/h3-5H,2,6-7H2,1H3,(H,18,19)(H2,15,16,20). The molecule has 1 rings (SSSR count). The molecule has 1 aromatic carbocycles. The summed E-state index contributed by atoms with van der Waals surface area (Å²) in [6.45, 7) is 2.04. The van der Waals surface area contributed by atoms with Crippen LogP contribution in [-0.2, 0) is 9.53 Å². The lowest BCUT2D eigenvalue weighted by Crippen LogP contribution is -2.31. The van der Waals surface area contributed by atoms with Gasteiger partial charge in [0.2, 0.25) is 0 Å². The van der Waals surface area contributed by atoms with Crippen molar-refractivity contribution in [2.45, 2.75) is 13.3 Å². The first-order chi connectivity index (χ1) is 9.95. The summed E-state index contributed by atoms with van der Waals surface area (Å²) in [6, 6.07) is 3.71. The molecule has 2 amide bonds. The van der Waals surface area contributed by atoms with E-state index in [4.69, 9.17) is 21.4 Å². The van der Waals surface area contributed by atoms with Gasteiger partial charge in [-0.25, -0.2) is 9.59 Å². The zero-order valence-corrected chi connectivity index (χ0v) is 12.1. The second-order valence-corrected chi connectivity index (χ2v) is 4.31. The quantitative estimate of drug-likeness (QED) is 0.697. The number of nitrogens with one attached hydrogen (secondary N) is 2. The third kappa shape index (κ3) is 5.31. The van der Waals surface area contributed by atoms with Crippen LogP contribution in [0.5, 0.6) is 0 Å². The van der Waals surface area contributed by atoms with E-state index in [-0.39, 0.29) is 35.8 Å². The number of carbonyl (C=O) groups is 3. The highest BCUT2D eigenvalue weighted by atomic mass is 35.5. The van der Waals surface area contributed by atoms with Crippen LogP contribution in [0.2, 0.25) is 5.02 Å². The summed E-state index contributed by atoms with van der Waals surface area (Å²) in [6.07, 6.45) is 0.0304. The molecule has 0 aliphatic heterocycles. The molecule has 0 aliphatic carbocycles. The number of aromatic carboxylic acids is 1. The largest absolute Gasteiger partial charge is 0.478 e. The fourth-order valence-corrected chi connectivity index (χ4v) is 1.78. The van der Waals surface area contributed by atoms with E-state index in [1.54, 1.807) is 6.92 Å². The Hall–Kier alpha value is -2.28. The van der Waals surface area contributed by atoms with Crippen LogP contribution in [-0.4, -0.2) is 36.2 Å². The van der Waals surface area contributed by atoms with Gasteiger partial charge in [-0.1, -0.05) is 17.7 Å². The normalized spacial score (nSPS) is 9.81. The van der Waals surface area contributed by atoms with Gasteiger partial charge < -0.3 is 20.5 Å². The summed E-state index contributed by atoms with van der Waals surface area (Å²) in [7, 11) is 0. The minimum atomic E-state index is -1.25. The molecular formula is C13H15ClN2O5. The van der Waals surface area contributed by atoms with Crippen molar-refractivity contribution < 1.29 is 24.2 Å². The topological polar surface area (TPSA) is 105 Å². The number of carboxylic acids is 1. The molecule has 0 spiro atoms. The van der Waals surface area contributed by atoms with E-state index in [1.165, 1.54) is 18.2 Å². The van der Waals surface area contributed by atoms with Crippen LogP contribution in [0.4, 0.5) is 10.5 Å². The van der Waals surface area contributed by atoms with Crippen LogP contribution in [0, 0.1) is 0 Å². The maximum absolute atomic E-state index is 11.6. The predicted octanol–water partition coefficient (Wildman–Crippen LogP) is 2.11. The number of carboxylic acid groups (broad SMARTS) is 1. The Labute approximate surface area is 126 Å². The van der Waals surface area contributed by atoms with E-state index >= 15 is 0 Å². The van der Waals surface area contributed by atoms with Crippen molar-refractivity contribution >= 4 is 35.3 Å². The van der Waals surface area contributed by atoms with Crippen LogP contribution in [0.25, 0.3) is 0 Å². The molecule has 7 nitrogen and oxygen atoms in total. The molecule has 3 N–H and O–H groups in total. The van der Waals surface area contributed by atoms with Crippen molar-refractivity contribution in [1.29, 1.82) is 0 Å². The zero-order chi connectivity index (χ0) is 15.8. The van der Waals surface area contributed by atoms with Crippen LogP contribution in [0.15, 0.2) is 18.2 Å². The van der Waals surface area contributed by atoms with E-state index in [9.17, 15) is 14.4 Å². The molecule has 0 saturated carbocycles. The Kier molecular flexibility index (Phi) is 6.48. The number of anilines is 1. The smallest absolute Gasteiger partial charge is 0.339 e. The summed E-state index contributed by atoms with van der Waals surface area (Å²) in [5, 5.41) is 13.9. The second kappa shape index (κ2) is 8.11. The molecule has 0 saturated heterocycles. The number of hydrogen-bond acceptors (Lipinski definition) is 4. The van der Waals surface area contributed by atoms with Gasteiger partial charge in [-0.2, -0.15) is 0 Å². The van der Waals surface area contributed by atoms with Crippen LogP contribution in [0.1, 0.15) is 23.7 Å². The van der Waals surface area contributed by atoms with Crippen molar-refractivity contribution in [2.75, 3.05) is 18.5 Å². The average molecular weight is 315 g/mol. The molecule has 0 aliphatic rings. The van der Waals surface area contributed by atoms with Gasteiger partial charge in [0.1, 0.15) is 5.56 Å². The lowest BCUT2D eigenvalue weighted by Gasteiger charge is -2.10. The number of carbonyl (C=O) groups excluding carboxylic acids is 2.